The predicted molar refractivity (Wildman–Crippen MR) is 120 cm³/mol. The van der Waals surface area contributed by atoms with Crippen molar-refractivity contribution in [1.82, 2.24) is 20.2 Å². The molecule has 0 atom stereocenters. The fraction of sp³-hybridized carbons (Fsp3) is 0.261. The molecule has 1 aliphatic heterocycles. The molecule has 8 heteroatoms. The van der Waals surface area contributed by atoms with Crippen molar-refractivity contribution < 1.29 is 9.47 Å². The summed E-state index contributed by atoms with van der Waals surface area (Å²) in [6, 6.07) is 16.2. The van der Waals surface area contributed by atoms with E-state index >= 15 is 0 Å². The number of benzene rings is 2. The third kappa shape index (κ3) is 3.84. The average Bonchev–Trinajstić information content (AvgIpc) is 3.23. The molecule has 4 aromatic rings. The Morgan fingerprint density at radius 1 is 1.00 bits per heavy atom. The Hall–Kier alpha value is -3.81. The van der Waals surface area contributed by atoms with E-state index in [1.54, 1.807) is 14.2 Å². The molecule has 31 heavy (non-hydrogen) atoms. The first-order chi connectivity index (χ1) is 15.2. The number of anilines is 2. The maximum absolute atomic E-state index is 5.36. The maximum atomic E-state index is 5.36. The standard InChI is InChI=1S/C23H24N6O2/c1-30-17-10-16(11-18(12-17)31-2)13-24-23-25-21-20-19(27-28-21)8-9-29(22(20)26-23)14-15-6-4-3-5-7-15/h3-7,10-12H,8-9,13-14H2,1-2H3,(H2,24,25,26,27,28). The van der Waals surface area contributed by atoms with Crippen LogP contribution in [0.4, 0.5) is 11.8 Å². The van der Waals surface area contributed by atoms with Gasteiger partial charge in [-0.2, -0.15) is 15.1 Å². The molecule has 0 saturated carbocycles. The van der Waals surface area contributed by atoms with Gasteiger partial charge in [0.2, 0.25) is 5.95 Å². The third-order valence-electron chi connectivity index (χ3n) is 5.48. The Morgan fingerprint density at radius 2 is 1.77 bits per heavy atom. The van der Waals surface area contributed by atoms with Crippen molar-refractivity contribution in [3.05, 3.63) is 65.4 Å². The second-order valence-electron chi connectivity index (χ2n) is 7.50. The lowest BCUT2D eigenvalue weighted by atomic mass is 10.1. The van der Waals surface area contributed by atoms with Gasteiger partial charge >= 0.3 is 0 Å². The Balaban J connectivity index is 1.43. The molecule has 0 aliphatic carbocycles. The van der Waals surface area contributed by atoms with Crippen molar-refractivity contribution in [1.29, 1.82) is 0 Å². The van der Waals surface area contributed by atoms with Crippen LogP contribution in [0.2, 0.25) is 0 Å². The first kappa shape index (κ1) is 19.2. The third-order valence-corrected chi connectivity index (χ3v) is 5.48. The van der Waals surface area contributed by atoms with E-state index in [9.17, 15) is 0 Å². The van der Waals surface area contributed by atoms with Gasteiger partial charge in [-0.1, -0.05) is 30.3 Å². The summed E-state index contributed by atoms with van der Waals surface area (Å²) < 4.78 is 10.7. The van der Waals surface area contributed by atoms with Crippen LogP contribution in [0.25, 0.3) is 11.0 Å². The molecule has 158 valence electrons. The van der Waals surface area contributed by atoms with Crippen LogP contribution in [0.15, 0.2) is 48.5 Å². The number of nitrogens with one attached hydrogen (secondary N) is 2. The second-order valence-corrected chi connectivity index (χ2v) is 7.50. The zero-order chi connectivity index (χ0) is 21.2. The molecule has 0 amide bonds. The van der Waals surface area contributed by atoms with Gasteiger partial charge < -0.3 is 19.7 Å². The summed E-state index contributed by atoms with van der Waals surface area (Å²) in [7, 11) is 3.29. The highest BCUT2D eigenvalue weighted by Crippen LogP contribution is 2.32. The Morgan fingerprint density at radius 3 is 2.52 bits per heavy atom. The molecule has 0 fully saturated rings. The molecule has 8 nitrogen and oxygen atoms in total. The van der Waals surface area contributed by atoms with Crippen molar-refractivity contribution in [3.63, 3.8) is 0 Å². The van der Waals surface area contributed by atoms with E-state index in [2.05, 4.69) is 49.7 Å². The molecule has 2 aromatic heterocycles. The maximum Gasteiger partial charge on any atom is 0.227 e. The van der Waals surface area contributed by atoms with Gasteiger partial charge in [0.15, 0.2) is 5.65 Å². The van der Waals surface area contributed by atoms with Crippen LogP contribution in [0, 0.1) is 0 Å². The molecule has 0 unspecified atom stereocenters. The van der Waals surface area contributed by atoms with E-state index in [-0.39, 0.29) is 0 Å². The lowest BCUT2D eigenvalue weighted by molar-refractivity contribution is 0.393. The molecule has 0 bridgehead atoms. The van der Waals surface area contributed by atoms with Gasteiger partial charge in [-0.15, -0.1) is 0 Å². The van der Waals surface area contributed by atoms with Gasteiger partial charge in [-0.3, -0.25) is 5.10 Å². The first-order valence-corrected chi connectivity index (χ1v) is 10.2. The molecule has 0 radical (unpaired) electrons. The zero-order valence-corrected chi connectivity index (χ0v) is 17.6. The van der Waals surface area contributed by atoms with E-state index in [0.717, 1.165) is 53.5 Å². The molecule has 5 rings (SSSR count). The molecular formula is C23H24N6O2. The summed E-state index contributed by atoms with van der Waals surface area (Å²) in [4.78, 5) is 11.8. The fourth-order valence-electron chi connectivity index (χ4n) is 3.91. The smallest absolute Gasteiger partial charge is 0.227 e. The highest BCUT2D eigenvalue weighted by molar-refractivity contribution is 5.91. The quantitative estimate of drug-likeness (QED) is 0.476. The van der Waals surface area contributed by atoms with Crippen LogP contribution in [0.3, 0.4) is 0 Å². The number of rotatable bonds is 7. The van der Waals surface area contributed by atoms with E-state index in [0.29, 0.717) is 18.1 Å². The van der Waals surface area contributed by atoms with Crippen molar-refractivity contribution in [2.24, 2.45) is 0 Å². The van der Waals surface area contributed by atoms with Gasteiger partial charge in [-0.05, 0) is 23.3 Å². The molecule has 1 aliphatic rings. The molecule has 2 N–H and O–H groups in total. The summed E-state index contributed by atoms with van der Waals surface area (Å²) in [6.45, 7) is 2.21. The minimum absolute atomic E-state index is 0.536. The Kier molecular flexibility index (Phi) is 5.03. The molecule has 0 saturated heterocycles. The SMILES string of the molecule is COc1cc(CNc2nc3c4c([nH]nc4n2)CCN3Cc2ccccc2)cc(OC)c1. The lowest BCUT2D eigenvalue weighted by Gasteiger charge is -2.28. The lowest BCUT2D eigenvalue weighted by Crippen LogP contribution is -2.29. The monoisotopic (exact) mass is 416 g/mol. The number of nitrogens with zero attached hydrogens (tertiary/aromatic N) is 4. The summed E-state index contributed by atoms with van der Waals surface area (Å²) in [6.07, 6.45) is 0.899. The largest absolute Gasteiger partial charge is 0.497 e. The van der Waals surface area contributed by atoms with Crippen molar-refractivity contribution in [3.8, 4) is 11.5 Å². The van der Waals surface area contributed by atoms with E-state index in [1.165, 1.54) is 5.56 Å². The van der Waals surface area contributed by atoms with E-state index in [4.69, 9.17) is 14.5 Å². The number of aromatic nitrogens is 4. The highest BCUT2D eigenvalue weighted by Gasteiger charge is 2.24. The highest BCUT2D eigenvalue weighted by atomic mass is 16.5. The van der Waals surface area contributed by atoms with Crippen molar-refractivity contribution in [2.45, 2.75) is 19.5 Å². The Bertz CT molecular complexity index is 1190. The van der Waals surface area contributed by atoms with Crippen LogP contribution in [-0.4, -0.2) is 40.9 Å². The minimum atomic E-state index is 0.536. The van der Waals surface area contributed by atoms with Crippen LogP contribution in [0.5, 0.6) is 11.5 Å². The number of methoxy groups -OCH3 is 2. The molecular weight excluding hydrogens is 392 g/mol. The molecule has 0 spiro atoms. The van der Waals surface area contributed by atoms with Crippen molar-refractivity contribution in [2.75, 3.05) is 31.0 Å². The van der Waals surface area contributed by atoms with Crippen LogP contribution in [0.1, 0.15) is 16.8 Å². The number of aromatic amines is 1. The fourth-order valence-corrected chi connectivity index (χ4v) is 3.91. The zero-order valence-electron chi connectivity index (χ0n) is 17.6. The van der Waals surface area contributed by atoms with Crippen LogP contribution < -0.4 is 19.7 Å². The predicted octanol–water partition coefficient (Wildman–Crippen LogP) is 3.54. The first-order valence-electron chi connectivity index (χ1n) is 10.2. The number of hydrogen-bond acceptors (Lipinski definition) is 7. The van der Waals surface area contributed by atoms with Crippen LogP contribution >= 0.6 is 0 Å². The minimum Gasteiger partial charge on any atom is -0.497 e. The summed E-state index contributed by atoms with van der Waals surface area (Å²) in [5, 5.41) is 11.9. The van der Waals surface area contributed by atoms with Gasteiger partial charge in [0.1, 0.15) is 17.3 Å². The summed E-state index contributed by atoms with van der Waals surface area (Å²) >= 11 is 0. The molecule has 2 aromatic carbocycles. The van der Waals surface area contributed by atoms with Crippen molar-refractivity contribution >= 4 is 22.8 Å². The second kappa shape index (κ2) is 8.14. The van der Waals surface area contributed by atoms with E-state index < -0.39 is 0 Å². The normalized spacial score (nSPS) is 12.8. The Labute approximate surface area is 180 Å². The average molecular weight is 416 g/mol. The number of hydrogen-bond donors (Lipinski definition) is 2. The van der Waals surface area contributed by atoms with Crippen LogP contribution in [-0.2, 0) is 19.5 Å². The molecule has 3 heterocycles. The van der Waals surface area contributed by atoms with Gasteiger partial charge in [0.05, 0.1) is 25.3 Å². The summed E-state index contributed by atoms with van der Waals surface area (Å²) in [5.41, 5.74) is 4.04. The number of ether oxygens (including phenoxy) is 2. The van der Waals surface area contributed by atoms with Gasteiger partial charge in [0, 0.05) is 32.1 Å². The number of H-pyrrole nitrogens is 1. The van der Waals surface area contributed by atoms with Gasteiger partial charge in [0.25, 0.3) is 0 Å². The topological polar surface area (TPSA) is 88.2 Å². The summed E-state index contributed by atoms with van der Waals surface area (Å²) in [5.74, 6) is 2.94. The van der Waals surface area contributed by atoms with Gasteiger partial charge in [-0.25, -0.2) is 0 Å². The van der Waals surface area contributed by atoms with E-state index in [1.807, 2.05) is 24.3 Å².